The molecular formula is C12H15N5OS. The Balaban J connectivity index is 2.27. The van der Waals surface area contributed by atoms with Crippen molar-refractivity contribution in [3.8, 4) is 0 Å². The molecule has 1 aromatic heterocycles. The van der Waals surface area contributed by atoms with Gasteiger partial charge in [0.05, 0.1) is 0 Å². The zero-order valence-electron chi connectivity index (χ0n) is 10.5. The number of hydrogen-bond acceptors (Lipinski definition) is 5. The number of amides is 1. The van der Waals surface area contributed by atoms with Crippen LogP contribution >= 0.6 is 11.8 Å². The van der Waals surface area contributed by atoms with E-state index in [0.717, 1.165) is 5.56 Å². The molecule has 6 nitrogen and oxygen atoms in total. The highest BCUT2D eigenvalue weighted by atomic mass is 32.2. The predicted octanol–water partition coefficient (Wildman–Crippen LogP) is 0.497. The number of nitrogens with two attached hydrogens (primary N) is 1. The normalized spacial score (nSPS) is 13.9. The molecule has 100 valence electrons. The second-order valence-corrected chi connectivity index (χ2v) is 4.93. The number of hydrogen-bond donors (Lipinski definition) is 3. The summed E-state index contributed by atoms with van der Waals surface area (Å²) < 4.78 is 0. The minimum atomic E-state index is -0.932. The Morgan fingerprint density at radius 2 is 2.21 bits per heavy atom. The molecule has 1 unspecified atom stereocenters. The summed E-state index contributed by atoms with van der Waals surface area (Å²) in [6, 6.07) is 9.41. The standard InChI is InChI=1S/C12H15N5OS/c1-14-12(10(13)18,9-5-3-2-4-6-9)7-19-11-15-8-16-17-11/h2-6,8,14H,7H2,1H3,(H2,13,18)(H,15,16,17). The molecule has 1 atom stereocenters. The fourth-order valence-corrected chi connectivity index (χ4v) is 2.84. The molecule has 2 aromatic rings. The Morgan fingerprint density at radius 3 is 2.74 bits per heavy atom. The Labute approximate surface area is 115 Å². The molecule has 0 aliphatic rings. The lowest BCUT2D eigenvalue weighted by Crippen LogP contribution is -2.53. The highest BCUT2D eigenvalue weighted by molar-refractivity contribution is 7.99. The number of primary amides is 1. The maximum absolute atomic E-state index is 11.9. The first-order valence-corrected chi connectivity index (χ1v) is 6.70. The van der Waals surface area contributed by atoms with Gasteiger partial charge in [-0.1, -0.05) is 42.1 Å². The van der Waals surface area contributed by atoms with Crippen LogP contribution in [0.5, 0.6) is 0 Å². The van der Waals surface area contributed by atoms with Crippen LogP contribution in [0.25, 0.3) is 0 Å². The van der Waals surface area contributed by atoms with Crippen LogP contribution in [0.2, 0.25) is 0 Å². The predicted molar refractivity (Wildman–Crippen MR) is 73.5 cm³/mol. The first-order valence-electron chi connectivity index (χ1n) is 5.71. The number of H-pyrrole nitrogens is 1. The van der Waals surface area contributed by atoms with Gasteiger partial charge in [0.1, 0.15) is 11.9 Å². The quantitative estimate of drug-likeness (QED) is 0.668. The molecule has 1 heterocycles. The molecule has 4 N–H and O–H groups in total. The topological polar surface area (TPSA) is 96.7 Å². The number of aromatic nitrogens is 3. The third-order valence-corrected chi connectivity index (χ3v) is 3.98. The number of aromatic amines is 1. The van der Waals surface area contributed by atoms with Crippen molar-refractivity contribution >= 4 is 17.7 Å². The van der Waals surface area contributed by atoms with Crippen molar-refractivity contribution in [1.29, 1.82) is 0 Å². The summed E-state index contributed by atoms with van der Waals surface area (Å²) in [5.41, 5.74) is 5.49. The van der Waals surface area contributed by atoms with Crippen molar-refractivity contribution in [3.63, 3.8) is 0 Å². The summed E-state index contributed by atoms with van der Waals surface area (Å²) in [5.74, 6) is 0.00566. The zero-order chi connectivity index (χ0) is 13.7. The molecule has 0 saturated heterocycles. The maximum atomic E-state index is 11.9. The average molecular weight is 277 g/mol. The van der Waals surface area contributed by atoms with Crippen LogP contribution in [0.3, 0.4) is 0 Å². The van der Waals surface area contributed by atoms with Crippen LogP contribution in [0.4, 0.5) is 0 Å². The first kappa shape index (κ1) is 13.6. The molecule has 0 spiro atoms. The van der Waals surface area contributed by atoms with Crippen LogP contribution in [-0.2, 0) is 10.3 Å². The van der Waals surface area contributed by atoms with Gasteiger partial charge in [-0.3, -0.25) is 9.89 Å². The van der Waals surface area contributed by atoms with Gasteiger partial charge in [-0.15, -0.1) is 0 Å². The van der Waals surface area contributed by atoms with Gasteiger partial charge in [-0.2, -0.15) is 5.10 Å². The van der Waals surface area contributed by atoms with E-state index in [4.69, 9.17) is 5.73 Å². The molecule has 0 radical (unpaired) electrons. The van der Waals surface area contributed by atoms with E-state index in [1.54, 1.807) is 7.05 Å². The highest BCUT2D eigenvalue weighted by Crippen LogP contribution is 2.27. The van der Waals surface area contributed by atoms with Crippen molar-refractivity contribution in [2.45, 2.75) is 10.7 Å². The number of rotatable bonds is 6. The number of carbonyl (C=O) groups is 1. The molecule has 0 fully saturated rings. The fraction of sp³-hybridized carbons (Fsp3) is 0.250. The highest BCUT2D eigenvalue weighted by Gasteiger charge is 2.37. The van der Waals surface area contributed by atoms with Crippen molar-refractivity contribution < 1.29 is 4.79 Å². The third-order valence-electron chi connectivity index (χ3n) is 2.93. The van der Waals surface area contributed by atoms with Gasteiger partial charge in [0.15, 0.2) is 5.16 Å². The number of carbonyl (C=O) groups excluding carboxylic acids is 1. The van der Waals surface area contributed by atoms with Crippen molar-refractivity contribution in [2.75, 3.05) is 12.8 Å². The van der Waals surface area contributed by atoms with Gasteiger partial charge >= 0.3 is 0 Å². The van der Waals surface area contributed by atoms with Crippen LogP contribution in [0.15, 0.2) is 41.8 Å². The molecule has 7 heteroatoms. The van der Waals surface area contributed by atoms with Gasteiger partial charge in [0, 0.05) is 5.75 Å². The summed E-state index contributed by atoms with van der Waals surface area (Å²) in [6.07, 6.45) is 1.43. The van der Waals surface area contributed by atoms with Crippen LogP contribution in [0, 0.1) is 0 Å². The molecule has 0 bridgehead atoms. The van der Waals surface area contributed by atoms with Crippen LogP contribution < -0.4 is 11.1 Å². The summed E-state index contributed by atoms with van der Waals surface area (Å²) in [5, 5.41) is 10.2. The molecule has 1 aromatic carbocycles. The van der Waals surface area contributed by atoms with E-state index >= 15 is 0 Å². The average Bonchev–Trinajstić information content (AvgIpc) is 2.94. The van der Waals surface area contributed by atoms with E-state index in [1.807, 2.05) is 30.3 Å². The second-order valence-electron chi connectivity index (χ2n) is 3.96. The number of nitrogens with zero attached hydrogens (tertiary/aromatic N) is 2. The largest absolute Gasteiger partial charge is 0.368 e. The van der Waals surface area contributed by atoms with E-state index in [0.29, 0.717) is 10.9 Å². The maximum Gasteiger partial charge on any atom is 0.243 e. The zero-order valence-corrected chi connectivity index (χ0v) is 11.3. The monoisotopic (exact) mass is 277 g/mol. The van der Waals surface area contributed by atoms with Crippen molar-refractivity contribution in [1.82, 2.24) is 20.5 Å². The van der Waals surface area contributed by atoms with E-state index in [9.17, 15) is 4.79 Å². The van der Waals surface area contributed by atoms with Gasteiger partial charge in [0.2, 0.25) is 5.91 Å². The number of likely N-dealkylation sites (N-methyl/N-ethyl adjacent to an activating group) is 1. The molecular weight excluding hydrogens is 262 g/mol. The second kappa shape index (κ2) is 5.85. The van der Waals surface area contributed by atoms with Gasteiger partial charge in [-0.05, 0) is 12.6 Å². The Morgan fingerprint density at radius 1 is 1.47 bits per heavy atom. The first-order chi connectivity index (χ1) is 9.19. The Hall–Kier alpha value is -1.86. The summed E-state index contributed by atoms with van der Waals surface area (Å²) in [4.78, 5) is 15.9. The summed E-state index contributed by atoms with van der Waals surface area (Å²) in [6.45, 7) is 0. The van der Waals surface area contributed by atoms with Crippen molar-refractivity contribution in [3.05, 3.63) is 42.2 Å². The fourth-order valence-electron chi connectivity index (χ4n) is 1.80. The lowest BCUT2D eigenvalue weighted by molar-refractivity contribution is -0.123. The SMILES string of the molecule is CNC(CSc1ncn[nH]1)(C(N)=O)c1ccccc1. The van der Waals surface area contributed by atoms with E-state index in [1.165, 1.54) is 18.1 Å². The minimum absolute atomic E-state index is 0.423. The van der Waals surface area contributed by atoms with Gasteiger partial charge in [0.25, 0.3) is 0 Å². The lowest BCUT2D eigenvalue weighted by Gasteiger charge is -2.30. The van der Waals surface area contributed by atoms with E-state index in [2.05, 4.69) is 20.5 Å². The van der Waals surface area contributed by atoms with Crippen LogP contribution in [-0.4, -0.2) is 33.9 Å². The van der Waals surface area contributed by atoms with E-state index < -0.39 is 11.4 Å². The van der Waals surface area contributed by atoms with Crippen molar-refractivity contribution in [2.24, 2.45) is 5.73 Å². The lowest BCUT2D eigenvalue weighted by atomic mass is 9.91. The Bertz CT molecular complexity index is 530. The molecule has 0 aliphatic heterocycles. The molecule has 2 rings (SSSR count). The molecule has 1 amide bonds. The molecule has 19 heavy (non-hydrogen) atoms. The smallest absolute Gasteiger partial charge is 0.243 e. The van der Waals surface area contributed by atoms with Gasteiger partial charge < -0.3 is 11.1 Å². The summed E-state index contributed by atoms with van der Waals surface area (Å²) >= 11 is 1.39. The third kappa shape index (κ3) is 2.77. The number of nitrogens with one attached hydrogen (secondary N) is 2. The summed E-state index contributed by atoms with van der Waals surface area (Å²) in [7, 11) is 1.72. The molecule has 0 saturated carbocycles. The Kier molecular flexibility index (Phi) is 4.18. The number of thioether (sulfide) groups is 1. The van der Waals surface area contributed by atoms with Gasteiger partial charge in [-0.25, -0.2) is 4.98 Å². The molecule has 0 aliphatic carbocycles. The van der Waals surface area contributed by atoms with Crippen LogP contribution in [0.1, 0.15) is 5.56 Å². The van der Waals surface area contributed by atoms with E-state index in [-0.39, 0.29) is 0 Å². The number of benzene rings is 1. The minimum Gasteiger partial charge on any atom is -0.368 e.